The standard InChI is InChI=1S/C13H15N3O2/c1-18-10-7-5-9(6-8-10)13-14-11-3-2-4-12(17)16(11)15-13/h5-8,12,17H,2-4H2,1H3. The summed E-state index contributed by atoms with van der Waals surface area (Å²) in [5.74, 6) is 2.33. The lowest BCUT2D eigenvalue weighted by Gasteiger charge is -2.17. The number of benzene rings is 1. The van der Waals surface area contributed by atoms with E-state index in [1.807, 2.05) is 24.3 Å². The van der Waals surface area contributed by atoms with Gasteiger partial charge in [-0.1, -0.05) is 0 Å². The summed E-state index contributed by atoms with van der Waals surface area (Å²) >= 11 is 0. The van der Waals surface area contributed by atoms with Gasteiger partial charge in [0.25, 0.3) is 0 Å². The van der Waals surface area contributed by atoms with Crippen molar-refractivity contribution >= 4 is 0 Å². The molecule has 1 aliphatic rings. The van der Waals surface area contributed by atoms with Crippen LogP contribution in [-0.4, -0.2) is 27.0 Å². The second kappa shape index (κ2) is 4.42. The molecular formula is C13H15N3O2. The van der Waals surface area contributed by atoms with Crippen molar-refractivity contribution in [2.45, 2.75) is 25.5 Å². The van der Waals surface area contributed by atoms with Crippen molar-refractivity contribution in [3.05, 3.63) is 30.1 Å². The van der Waals surface area contributed by atoms with Gasteiger partial charge in [0.2, 0.25) is 0 Å². The fourth-order valence-corrected chi connectivity index (χ4v) is 2.19. The number of nitrogens with zero attached hydrogens (tertiary/aromatic N) is 3. The number of aliphatic hydroxyl groups is 1. The van der Waals surface area contributed by atoms with Crippen LogP contribution < -0.4 is 4.74 Å². The van der Waals surface area contributed by atoms with Crippen molar-refractivity contribution in [3.8, 4) is 17.1 Å². The molecule has 1 aromatic heterocycles. The topological polar surface area (TPSA) is 60.2 Å². The molecule has 2 heterocycles. The third-order valence-electron chi connectivity index (χ3n) is 3.20. The molecule has 1 unspecified atom stereocenters. The summed E-state index contributed by atoms with van der Waals surface area (Å²) in [6.45, 7) is 0. The highest BCUT2D eigenvalue weighted by Gasteiger charge is 2.21. The maximum absolute atomic E-state index is 9.84. The van der Waals surface area contributed by atoms with E-state index < -0.39 is 6.23 Å². The first-order chi connectivity index (χ1) is 8.78. The first-order valence-corrected chi connectivity index (χ1v) is 6.06. The number of aliphatic hydroxyl groups excluding tert-OH is 1. The van der Waals surface area contributed by atoms with Gasteiger partial charge in [-0.15, -0.1) is 5.10 Å². The minimum absolute atomic E-state index is 0.534. The predicted octanol–water partition coefficient (Wildman–Crippen LogP) is 1.78. The third-order valence-corrected chi connectivity index (χ3v) is 3.20. The molecule has 5 nitrogen and oxygen atoms in total. The molecule has 0 fully saturated rings. The van der Waals surface area contributed by atoms with E-state index in [9.17, 15) is 5.11 Å². The maximum Gasteiger partial charge on any atom is 0.181 e. The van der Waals surface area contributed by atoms with Gasteiger partial charge >= 0.3 is 0 Å². The second-order valence-corrected chi connectivity index (χ2v) is 4.40. The molecule has 0 radical (unpaired) electrons. The zero-order chi connectivity index (χ0) is 12.5. The molecule has 0 saturated carbocycles. The van der Waals surface area contributed by atoms with E-state index in [2.05, 4.69) is 10.1 Å². The van der Waals surface area contributed by atoms with Crippen molar-refractivity contribution in [2.24, 2.45) is 0 Å². The van der Waals surface area contributed by atoms with Gasteiger partial charge in [-0.3, -0.25) is 0 Å². The molecule has 0 amide bonds. The van der Waals surface area contributed by atoms with Crippen molar-refractivity contribution in [1.82, 2.24) is 14.8 Å². The molecule has 1 aliphatic heterocycles. The lowest BCUT2D eigenvalue weighted by molar-refractivity contribution is 0.0648. The molecule has 1 aromatic carbocycles. The Balaban J connectivity index is 1.96. The van der Waals surface area contributed by atoms with Gasteiger partial charge in [0.05, 0.1) is 7.11 Å². The van der Waals surface area contributed by atoms with Crippen LogP contribution >= 0.6 is 0 Å². The third kappa shape index (κ3) is 1.86. The van der Waals surface area contributed by atoms with Crippen LogP contribution in [0, 0.1) is 0 Å². The predicted molar refractivity (Wildman–Crippen MR) is 66.2 cm³/mol. The first-order valence-electron chi connectivity index (χ1n) is 6.06. The largest absolute Gasteiger partial charge is 0.497 e. The number of hydrogen-bond donors (Lipinski definition) is 1. The van der Waals surface area contributed by atoms with Gasteiger partial charge in [-0.25, -0.2) is 9.67 Å². The van der Waals surface area contributed by atoms with Crippen LogP contribution in [0.15, 0.2) is 24.3 Å². The van der Waals surface area contributed by atoms with E-state index in [1.54, 1.807) is 11.8 Å². The number of fused-ring (bicyclic) bond motifs is 1. The molecule has 2 aromatic rings. The number of hydrogen-bond acceptors (Lipinski definition) is 4. The molecule has 1 atom stereocenters. The van der Waals surface area contributed by atoms with Crippen molar-refractivity contribution in [2.75, 3.05) is 7.11 Å². The van der Waals surface area contributed by atoms with E-state index in [-0.39, 0.29) is 0 Å². The average Bonchev–Trinajstić information content (AvgIpc) is 2.84. The van der Waals surface area contributed by atoms with Gasteiger partial charge < -0.3 is 9.84 Å². The fourth-order valence-electron chi connectivity index (χ4n) is 2.19. The van der Waals surface area contributed by atoms with E-state index in [0.29, 0.717) is 5.82 Å². The van der Waals surface area contributed by atoms with Crippen molar-refractivity contribution in [1.29, 1.82) is 0 Å². The van der Waals surface area contributed by atoms with Crippen LogP contribution in [0.2, 0.25) is 0 Å². The Labute approximate surface area is 105 Å². The summed E-state index contributed by atoms with van der Waals surface area (Å²) in [6.07, 6.45) is 2.05. The zero-order valence-corrected chi connectivity index (χ0v) is 10.2. The molecule has 0 saturated heterocycles. The molecule has 0 spiro atoms. The van der Waals surface area contributed by atoms with Crippen LogP contribution in [0.4, 0.5) is 0 Å². The Morgan fingerprint density at radius 3 is 2.78 bits per heavy atom. The fraction of sp³-hybridized carbons (Fsp3) is 0.385. The highest BCUT2D eigenvalue weighted by molar-refractivity contribution is 5.55. The minimum atomic E-state index is -0.534. The van der Waals surface area contributed by atoms with Crippen LogP contribution in [0.1, 0.15) is 24.9 Å². The van der Waals surface area contributed by atoms with Gasteiger partial charge in [0.15, 0.2) is 5.82 Å². The normalized spacial score (nSPS) is 18.4. The van der Waals surface area contributed by atoms with Gasteiger partial charge in [0.1, 0.15) is 17.8 Å². The molecule has 0 bridgehead atoms. The Bertz CT molecular complexity index is 548. The SMILES string of the molecule is COc1ccc(-c2nc3n(n2)C(O)CCC3)cc1. The molecular weight excluding hydrogens is 230 g/mol. The molecule has 1 N–H and O–H groups in total. The lowest BCUT2D eigenvalue weighted by atomic mass is 10.1. The Morgan fingerprint density at radius 1 is 1.33 bits per heavy atom. The number of aryl methyl sites for hydroxylation is 1. The van der Waals surface area contributed by atoms with Crippen LogP contribution in [0.5, 0.6) is 5.75 Å². The molecule has 18 heavy (non-hydrogen) atoms. The number of methoxy groups -OCH3 is 1. The van der Waals surface area contributed by atoms with Crippen molar-refractivity contribution in [3.63, 3.8) is 0 Å². The molecule has 5 heteroatoms. The summed E-state index contributed by atoms with van der Waals surface area (Å²) in [5.41, 5.74) is 0.935. The summed E-state index contributed by atoms with van der Waals surface area (Å²) < 4.78 is 6.75. The number of rotatable bonds is 2. The number of aromatic nitrogens is 3. The Kier molecular flexibility index (Phi) is 2.76. The lowest BCUT2D eigenvalue weighted by Crippen LogP contribution is -2.18. The minimum Gasteiger partial charge on any atom is -0.497 e. The van der Waals surface area contributed by atoms with E-state index >= 15 is 0 Å². The average molecular weight is 245 g/mol. The summed E-state index contributed by atoms with van der Waals surface area (Å²) in [7, 11) is 1.64. The van der Waals surface area contributed by atoms with Gasteiger partial charge in [0, 0.05) is 12.0 Å². The first kappa shape index (κ1) is 11.2. The quantitative estimate of drug-likeness (QED) is 0.876. The molecule has 0 aliphatic carbocycles. The number of ether oxygens (including phenoxy) is 1. The maximum atomic E-state index is 9.84. The van der Waals surface area contributed by atoms with E-state index in [1.165, 1.54) is 0 Å². The Hall–Kier alpha value is -1.88. The van der Waals surface area contributed by atoms with Crippen molar-refractivity contribution < 1.29 is 9.84 Å². The van der Waals surface area contributed by atoms with E-state index in [4.69, 9.17) is 4.74 Å². The van der Waals surface area contributed by atoms with Crippen LogP contribution in [0.3, 0.4) is 0 Å². The van der Waals surface area contributed by atoms with Crippen LogP contribution in [0.25, 0.3) is 11.4 Å². The van der Waals surface area contributed by atoms with Gasteiger partial charge in [-0.2, -0.15) is 0 Å². The highest BCUT2D eigenvalue weighted by atomic mass is 16.5. The zero-order valence-electron chi connectivity index (χ0n) is 10.2. The summed E-state index contributed by atoms with van der Waals surface area (Å²) in [4.78, 5) is 4.48. The molecule has 94 valence electrons. The second-order valence-electron chi connectivity index (χ2n) is 4.40. The van der Waals surface area contributed by atoms with Gasteiger partial charge in [-0.05, 0) is 37.1 Å². The van der Waals surface area contributed by atoms with E-state index in [0.717, 1.165) is 36.4 Å². The summed E-state index contributed by atoms with van der Waals surface area (Å²) in [5, 5.41) is 14.2. The Morgan fingerprint density at radius 2 is 2.11 bits per heavy atom. The monoisotopic (exact) mass is 245 g/mol. The van der Waals surface area contributed by atoms with Crippen LogP contribution in [-0.2, 0) is 6.42 Å². The highest BCUT2D eigenvalue weighted by Crippen LogP contribution is 2.25. The molecule has 3 rings (SSSR count). The smallest absolute Gasteiger partial charge is 0.181 e. The summed E-state index contributed by atoms with van der Waals surface area (Å²) in [6, 6.07) is 7.61.